The van der Waals surface area contributed by atoms with E-state index in [1.54, 1.807) is 12.1 Å². The van der Waals surface area contributed by atoms with Gasteiger partial charge in [0.1, 0.15) is 17.1 Å². The Hall–Kier alpha value is -3.35. The van der Waals surface area contributed by atoms with E-state index in [-0.39, 0.29) is 29.9 Å². The fourth-order valence-corrected chi connectivity index (χ4v) is 2.41. The average molecular weight is 357 g/mol. The van der Waals surface area contributed by atoms with Crippen molar-refractivity contribution in [2.24, 2.45) is 0 Å². The SMILES string of the molecule is COc1ccc(C)cc1C(=O)CCC(=O)Nc1ccc(O)c(C(=O)O)c1. The number of amides is 1. The number of aromatic hydroxyl groups is 1. The van der Waals surface area contributed by atoms with E-state index in [2.05, 4.69) is 5.32 Å². The number of ether oxygens (including phenoxy) is 1. The molecule has 2 aromatic carbocycles. The van der Waals surface area contributed by atoms with Crippen molar-refractivity contribution >= 4 is 23.3 Å². The summed E-state index contributed by atoms with van der Waals surface area (Å²) in [7, 11) is 1.47. The van der Waals surface area contributed by atoms with Crippen molar-refractivity contribution in [1.82, 2.24) is 0 Å². The summed E-state index contributed by atoms with van der Waals surface area (Å²) in [6.07, 6.45) is -0.0886. The van der Waals surface area contributed by atoms with Crippen LogP contribution in [0.25, 0.3) is 0 Å². The normalized spacial score (nSPS) is 10.2. The van der Waals surface area contributed by atoms with Gasteiger partial charge in [0, 0.05) is 18.5 Å². The van der Waals surface area contributed by atoms with E-state index in [1.165, 1.54) is 19.2 Å². The van der Waals surface area contributed by atoms with Crippen molar-refractivity contribution in [2.75, 3.05) is 12.4 Å². The number of carbonyl (C=O) groups excluding carboxylic acids is 2. The van der Waals surface area contributed by atoms with Gasteiger partial charge in [0.2, 0.25) is 5.91 Å². The molecule has 1 amide bonds. The number of carboxylic acid groups (broad SMARTS) is 1. The zero-order valence-corrected chi connectivity index (χ0v) is 14.4. The first kappa shape index (κ1) is 19.0. The van der Waals surface area contributed by atoms with Crippen LogP contribution in [-0.4, -0.2) is 35.0 Å². The predicted octanol–water partition coefficient (Wildman–Crippen LogP) is 3.01. The summed E-state index contributed by atoms with van der Waals surface area (Å²) in [5.74, 6) is -1.91. The number of nitrogens with one attached hydrogen (secondary N) is 1. The van der Waals surface area contributed by atoms with E-state index in [9.17, 15) is 19.5 Å². The molecule has 0 atom stereocenters. The number of aryl methyl sites for hydroxylation is 1. The Bertz CT molecular complexity index is 859. The lowest BCUT2D eigenvalue weighted by Gasteiger charge is -2.09. The van der Waals surface area contributed by atoms with Crippen LogP contribution in [0.1, 0.15) is 39.1 Å². The molecule has 0 aliphatic heterocycles. The van der Waals surface area contributed by atoms with Crippen LogP contribution in [0.15, 0.2) is 36.4 Å². The van der Waals surface area contributed by atoms with Crippen molar-refractivity contribution in [3.63, 3.8) is 0 Å². The summed E-state index contributed by atoms with van der Waals surface area (Å²) in [5.41, 5.74) is 1.23. The van der Waals surface area contributed by atoms with Gasteiger partial charge in [-0.05, 0) is 37.3 Å². The number of carbonyl (C=O) groups is 3. The highest BCUT2D eigenvalue weighted by Crippen LogP contribution is 2.23. The third kappa shape index (κ3) is 4.60. The molecule has 0 spiro atoms. The molecule has 0 fully saturated rings. The van der Waals surface area contributed by atoms with Gasteiger partial charge in [0.15, 0.2) is 5.78 Å². The average Bonchev–Trinajstić information content (AvgIpc) is 2.61. The molecule has 0 saturated heterocycles. The third-order valence-corrected chi connectivity index (χ3v) is 3.75. The Labute approximate surface area is 150 Å². The molecule has 7 nitrogen and oxygen atoms in total. The standard InChI is InChI=1S/C19H19NO6/c1-11-3-7-17(26-2)13(9-11)15(21)6-8-18(23)20-12-4-5-16(22)14(10-12)19(24)25/h3-5,7,9-10,22H,6,8H2,1-2H3,(H,20,23)(H,24,25). The van der Waals surface area contributed by atoms with Crippen molar-refractivity contribution < 1.29 is 29.3 Å². The van der Waals surface area contributed by atoms with Gasteiger partial charge >= 0.3 is 5.97 Å². The zero-order valence-electron chi connectivity index (χ0n) is 14.4. The minimum atomic E-state index is -1.31. The van der Waals surface area contributed by atoms with Crippen LogP contribution in [0.3, 0.4) is 0 Å². The fourth-order valence-electron chi connectivity index (χ4n) is 2.41. The second-order valence-corrected chi connectivity index (χ2v) is 5.71. The van der Waals surface area contributed by atoms with Crippen molar-refractivity contribution in [3.05, 3.63) is 53.1 Å². The lowest BCUT2D eigenvalue weighted by atomic mass is 10.0. The number of carboxylic acids is 1. The Morgan fingerprint density at radius 1 is 1.04 bits per heavy atom. The Kier molecular flexibility index (Phi) is 5.95. The second-order valence-electron chi connectivity index (χ2n) is 5.71. The van der Waals surface area contributed by atoms with Gasteiger partial charge < -0.3 is 20.3 Å². The third-order valence-electron chi connectivity index (χ3n) is 3.75. The number of hydrogen-bond donors (Lipinski definition) is 3. The highest BCUT2D eigenvalue weighted by Gasteiger charge is 2.15. The van der Waals surface area contributed by atoms with Gasteiger partial charge in [-0.15, -0.1) is 0 Å². The van der Waals surface area contributed by atoms with E-state index >= 15 is 0 Å². The molecular weight excluding hydrogens is 338 g/mol. The maximum atomic E-state index is 12.4. The lowest BCUT2D eigenvalue weighted by Crippen LogP contribution is -2.14. The summed E-state index contributed by atoms with van der Waals surface area (Å²) in [4.78, 5) is 35.4. The van der Waals surface area contributed by atoms with Crippen LogP contribution in [0.4, 0.5) is 5.69 Å². The second kappa shape index (κ2) is 8.15. The highest BCUT2D eigenvalue weighted by atomic mass is 16.5. The van der Waals surface area contributed by atoms with Crippen LogP contribution in [0.2, 0.25) is 0 Å². The van der Waals surface area contributed by atoms with Crippen molar-refractivity contribution in [2.45, 2.75) is 19.8 Å². The summed E-state index contributed by atoms with van der Waals surface area (Å²) in [6.45, 7) is 1.85. The van der Waals surface area contributed by atoms with E-state index in [0.717, 1.165) is 11.6 Å². The smallest absolute Gasteiger partial charge is 0.339 e. The predicted molar refractivity (Wildman–Crippen MR) is 95.0 cm³/mol. The van der Waals surface area contributed by atoms with Gasteiger partial charge in [0.25, 0.3) is 0 Å². The first-order valence-electron chi connectivity index (χ1n) is 7.86. The molecule has 0 aliphatic rings. The molecule has 7 heteroatoms. The molecule has 0 unspecified atom stereocenters. The minimum absolute atomic E-state index is 0.0183. The number of anilines is 1. The van der Waals surface area contributed by atoms with Crippen LogP contribution >= 0.6 is 0 Å². The number of rotatable bonds is 7. The molecule has 2 rings (SSSR count). The molecule has 0 heterocycles. The molecule has 136 valence electrons. The molecule has 0 aliphatic carbocycles. The van der Waals surface area contributed by atoms with E-state index in [1.807, 2.05) is 13.0 Å². The summed E-state index contributed by atoms with van der Waals surface area (Å²) >= 11 is 0. The quantitative estimate of drug-likeness (QED) is 0.519. The van der Waals surface area contributed by atoms with E-state index in [4.69, 9.17) is 9.84 Å². The Balaban J connectivity index is 2.01. The number of aromatic carboxylic acids is 1. The topological polar surface area (TPSA) is 113 Å². The largest absolute Gasteiger partial charge is 0.507 e. The maximum Gasteiger partial charge on any atom is 0.339 e. The molecule has 0 saturated carbocycles. The van der Waals surface area contributed by atoms with Crippen molar-refractivity contribution in [1.29, 1.82) is 0 Å². The number of phenols is 1. The minimum Gasteiger partial charge on any atom is -0.507 e. The van der Waals surface area contributed by atoms with Crippen molar-refractivity contribution in [3.8, 4) is 11.5 Å². The van der Waals surface area contributed by atoms with Gasteiger partial charge in [-0.1, -0.05) is 11.6 Å². The molecule has 26 heavy (non-hydrogen) atoms. The molecule has 2 aromatic rings. The summed E-state index contributed by atoms with van der Waals surface area (Å²) in [6, 6.07) is 8.95. The first-order chi connectivity index (χ1) is 12.3. The van der Waals surface area contributed by atoms with Gasteiger partial charge in [-0.2, -0.15) is 0 Å². The van der Waals surface area contributed by atoms with Gasteiger partial charge in [-0.25, -0.2) is 4.79 Å². The van der Waals surface area contributed by atoms with E-state index < -0.39 is 17.6 Å². The molecule has 0 radical (unpaired) electrons. The molecule has 0 aromatic heterocycles. The van der Waals surface area contributed by atoms with Gasteiger partial charge in [-0.3, -0.25) is 9.59 Å². The first-order valence-corrected chi connectivity index (χ1v) is 7.86. The van der Waals surface area contributed by atoms with Crippen LogP contribution in [0.5, 0.6) is 11.5 Å². The summed E-state index contributed by atoms with van der Waals surface area (Å²) < 4.78 is 5.17. The van der Waals surface area contributed by atoms with Crippen LogP contribution in [0, 0.1) is 6.92 Å². The Morgan fingerprint density at radius 2 is 1.77 bits per heavy atom. The van der Waals surface area contributed by atoms with E-state index in [0.29, 0.717) is 11.3 Å². The number of methoxy groups -OCH3 is 1. The fraction of sp³-hybridized carbons (Fsp3) is 0.211. The Morgan fingerprint density at radius 3 is 2.42 bits per heavy atom. The monoisotopic (exact) mass is 357 g/mol. The number of benzene rings is 2. The highest BCUT2D eigenvalue weighted by molar-refractivity contribution is 6.02. The van der Waals surface area contributed by atoms with Crippen LogP contribution in [-0.2, 0) is 4.79 Å². The molecule has 0 bridgehead atoms. The zero-order chi connectivity index (χ0) is 19.3. The maximum absolute atomic E-state index is 12.4. The van der Waals surface area contributed by atoms with Crippen LogP contribution < -0.4 is 10.1 Å². The summed E-state index contributed by atoms with van der Waals surface area (Å²) in [5, 5.41) is 20.9. The number of hydrogen-bond acceptors (Lipinski definition) is 5. The molecule has 3 N–H and O–H groups in total. The molecular formula is C19H19NO6. The number of Topliss-reactive ketones (excluding diaryl/α,β-unsaturated/α-hetero) is 1. The lowest BCUT2D eigenvalue weighted by molar-refractivity contribution is -0.116. The number of ketones is 1. The van der Waals surface area contributed by atoms with Gasteiger partial charge in [0.05, 0.1) is 12.7 Å².